The second-order valence-electron chi connectivity index (χ2n) is 9.32. The molecule has 0 saturated carbocycles. The van der Waals surface area contributed by atoms with E-state index in [4.69, 9.17) is 0 Å². The Labute approximate surface area is 248 Å². The van der Waals surface area contributed by atoms with Crippen LogP contribution >= 0.6 is 0 Å². The maximum atomic E-state index is 10.9. The first-order chi connectivity index (χ1) is 21.2. The molecule has 44 heavy (non-hydrogen) atoms. The van der Waals surface area contributed by atoms with E-state index >= 15 is 0 Å². The molecule has 0 atom stereocenters. The highest BCUT2D eigenvalue weighted by atomic mass is 16.2. The summed E-state index contributed by atoms with van der Waals surface area (Å²) in [6.45, 7) is 0. The van der Waals surface area contributed by atoms with E-state index < -0.39 is 0 Å². The minimum absolute atomic E-state index is 0.300. The van der Waals surface area contributed by atoms with Crippen LogP contribution in [-0.2, 0) is 0 Å². The Hall–Kier alpha value is -6.56. The normalized spacial score (nSPS) is 14.5. The Morgan fingerprint density at radius 2 is 0.341 bits per heavy atom. The summed E-state index contributed by atoms with van der Waals surface area (Å²) in [7, 11) is 0. The van der Waals surface area contributed by atoms with Crippen molar-refractivity contribution in [3.05, 3.63) is 142 Å². The quantitative estimate of drug-likeness (QED) is 0.225. The second-order valence-corrected chi connectivity index (χ2v) is 9.32. The molecule has 0 bridgehead atoms. The zero-order valence-electron chi connectivity index (χ0n) is 22.5. The molecule has 4 aliphatic rings. The average Bonchev–Trinajstić information content (AvgIpc) is 3.71. The third kappa shape index (κ3) is 5.76. The molecule has 0 radical (unpaired) electrons. The van der Waals surface area contributed by atoms with Crippen molar-refractivity contribution in [3.63, 3.8) is 0 Å². The lowest BCUT2D eigenvalue weighted by molar-refractivity contribution is 0.0863. The van der Waals surface area contributed by atoms with E-state index in [9.17, 15) is 38.4 Å². The minimum atomic E-state index is -0.300. The molecule has 8 rings (SSSR count). The van der Waals surface area contributed by atoms with Gasteiger partial charge in [0, 0.05) is 0 Å². The highest BCUT2D eigenvalue weighted by molar-refractivity contribution is 6.23. The van der Waals surface area contributed by atoms with Gasteiger partial charge in [-0.25, -0.2) is 0 Å². The fourth-order valence-corrected chi connectivity index (χ4v) is 4.47. The summed E-state index contributed by atoms with van der Waals surface area (Å²) in [5, 5.41) is 8.82. The molecular formula is C32H20N4O8. The number of rotatable bonds is 0. The molecule has 4 aliphatic heterocycles. The number of hydrogen-bond donors (Lipinski definition) is 4. The molecule has 8 amide bonds. The molecule has 12 nitrogen and oxygen atoms in total. The van der Waals surface area contributed by atoms with Gasteiger partial charge in [-0.2, -0.15) is 0 Å². The number of amides is 8. The van der Waals surface area contributed by atoms with Gasteiger partial charge in [0.2, 0.25) is 0 Å². The molecule has 0 aliphatic carbocycles. The standard InChI is InChI=1S/4C8H5NO2/c4*10-7-5-3-1-2-4-6(5)8(11)9-7/h4*1-4H,(H,9,10,11). The van der Waals surface area contributed by atoms with Crippen LogP contribution in [0, 0.1) is 0 Å². The van der Waals surface area contributed by atoms with Gasteiger partial charge in [0.05, 0.1) is 44.5 Å². The number of carbonyl (C=O) groups excluding carboxylic acids is 8. The third-order valence-electron chi connectivity index (χ3n) is 6.57. The Morgan fingerprint density at radius 1 is 0.227 bits per heavy atom. The molecular weight excluding hydrogens is 568 g/mol. The molecule has 12 heteroatoms. The molecule has 0 spiro atoms. The lowest BCUT2D eigenvalue weighted by Gasteiger charge is -1.88. The monoisotopic (exact) mass is 588 g/mol. The van der Waals surface area contributed by atoms with Crippen LogP contribution in [0.2, 0.25) is 0 Å². The Kier molecular flexibility index (Phi) is 7.98. The van der Waals surface area contributed by atoms with Crippen molar-refractivity contribution >= 4 is 47.3 Å². The van der Waals surface area contributed by atoms with Gasteiger partial charge < -0.3 is 0 Å². The molecule has 0 fully saturated rings. The summed E-state index contributed by atoms with van der Waals surface area (Å²) >= 11 is 0. The van der Waals surface area contributed by atoms with Crippen LogP contribution in [0.15, 0.2) is 97.1 Å². The summed E-state index contributed by atoms with van der Waals surface area (Å²) in [5.74, 6) is -2.40. The average molecular weight is 589 g/mol. The zero-order valence-corrected chi connectivity index (χ0v) is 22.5. The van der Waals surface area contributed by atoms with E-state index in [-0.39, 0.29) is 47.3 Å². The zero-order chi connectivity index (χ0) is 31.4. The second kappa shape index (κ2) is 12.1. The highest BCUT2D eigenvalue weighted by Gasteiger charge is 2.27. The van der Waals surface area contributed by atoms with Crippen molar-refractivity contribution in [2.75, 3.05) is 0 Å². The van der Waals surface area contributed by atoms with Gasteiger partial charge in [-0.3, -0.25) is 59.6 Å². The lowest BCUT2D eigenvalue weighted by Crippen LogP contribution is -2.19. The van der Waals surface area contributed by atoms with Crippen molar-refractivity contribution in [2.45, 2.75) is 0 Å². The fourth-order valence-electron chi connectivity index (χ4n) is 4.47. The molecule has 4 N–H and O–H groups in total. The third-order valence-corrected chi connectivity index (χ3v) is 6.57. The highest BCUT2D eigenvalue weighted by Crippen LogP contribution is 2.16. The number of carbonyl (C=O) groups is 8. The topological polar surface area (TPSA) is 185 Å². The Balaban J connectivity index is 0.000000116. The van der Waals surface area contributed by atoms with E-state index in [2.05, 4.69) is 21.3 Å². The van der Waals surface area contributed by atoms with E-state index in [0.717, 1.165) is 0 Å². The summed E-state index contributed by atoms with van der Waals surface area (Å²) < 4.78 is 0. The lowest BCUT2D eigenvalue weighted by atomic mass is 10.1. The predicted octanol–water partition coefficient (Wildman–Crippen LogP) is 2.28. The Morgan fingerprint density at radius 3 is 0.455 bits per heavy atom. The largest absolute Gasteiger partial charge is 0.288 e. The van der Waals surface area contributed by atoms with Crippen LogP contribution < -0.4 is 21.3 Å². The van der Waals surface area contributed by atoms with Crippen LogP contribution in [-0.4, -0.2) is 47.3 Å². The molecule has 0 unspecified atom stereocenters. The molecule has 4 aromatic rings. The van der Waals surface area contributed by atoms with Crippen LogP contribution in [0.5, 0.6) is 0 Å². The first-order valence-electron chi connectivity index (χ1n) is 12.9. The predicted molar refractivity (Wildman–Crippen MR) is 153 cm³/mol. The van der Waals surface area contributed by atoms with Gasteiger partial charge in [0.15, 0.2) is 0 Å². The van der Waals surface area contributed by atoms with E-state index in [0.29, 0.717) is 44.5 Å². The SMILES string of the molecule is O=C1NC(=O)c2ccccc21.O=C1NC(=O)c2ccccc21.O=C1NC(=O)c2ccccc21.O=C1NC(=O)c2ccccc21. The van der Waals surface area contributed by atoms with Gasteiger partial charge in [-0.15, -0.1) is 0 Å². The molecule has 0 saturated heterocycles. The van der Waals surface area contributed by atoms with Crippen LogP contribution in [0.4, 0.5) is 0 Å². The van der Waals surface area contributed by atoms with Gasteiger partial charge >= 0.3 is 0 Å². The van der Waals surface area contributed by atoms with Gasteiger partial charge in [0.25, 0.3) is 47.3 Å². The minimum Gasteiger partial charge on any atom is -0.288 e. The van der Waals surface area contributed by atoms with E-state index in [1.54, 1.807) is 97.1 Å². The van der Waals surface area contributed by atoms with Crippen molar-refractivity contribution in [1.82, 2.24) is 21.3 Å². The summed E-state index contributed by atoms with van der Waals surface area (Å²) in [4.78, 5) is 87.6. The first-order valence-corrected chi connectivity index (χ1v) is 12.9. The summed E-state index contributed by atoms with van der Waals surface area (Å²) in [5.41, 5.74) is 3.76. The van der Waals surface area contributed by atoms with E-state index in [1.807, 2.05) is 0 Å². The van der Waals surface area contributed by atoms with Crippen LogP contribution in [0.25, 0.3) is 0 Å². The van der Waals surface area contributed by atoms with Gasteiger partial charge in [-0.1, -0.05) is 48.5 Å². The number of imide groups is 4. The first kappa shape index (κ1) is 29.0. The van der Waals surface area contributed by atoms with E-state index in [1.165, 1.54) is 0 Å². The number of fused-ring (bicyclic) bond motifs is 4. The summed E-state index contributed by atoms with van der Waals surface area (Å²) in [6, 6.07) is 26.9. The molecule has 4 aromatic carbocycles. The Bertz CT molecular complexity index is 1520. The van der Waals surface area contributed by atoms with Crippen molar-refractivity contribution in [2.24, 2.45) is 0 Å². The molecule has 216 valence electrons. The number of nitrogens with one attached hydrogen (secondary N) is 4. The van der Waals surface area contributed by atoms with Crippen molar-refractivity contribution in [1.29, 1.82) is 0 Å². The van der Waals surface area contributed by atoms with Crippen molar-refractivity contribution in [3.8, 4) is 0 Å². The maximum absolute atomic E-state index is 10.9. The smallest absolute Gasteiger partial charge is 0.258 e. The fraction of sp³-hybridized carbons (Fsp3) is 0. The van der Waals surface area contributed by atoms with Gasteiger partial charge in [-0.05, 0) is 48.5 Å². The number of hydrogen-bond acceptors (Lipinski definition) is 8. The van der Waals surface area contributed by atoms with Crippen LogP contribution in [0.1, 0.15) is 82.9 Å². The summed E-state index contributed by atoms with van der Waals surface area (Å²) in [6.07, 6.45) is 0. The molecule has 4 heterocycles. The van der Waals surface area contributed by atoms with Crippen molar-refractivity contribution < 1.29 is 38.4 Å². The van der Waals surface area contributed by atoms with Crippen LogP contribution in [0.3, 0.4) is 0 Å². The maximum Gasteiger partial charge on any atom is 0.258 e. The van der Waals surface area contributed by atoms with Gasteiger partial charge in [0.1, 0.15) is 0 Å². The number of benzene rings is 4. The molecule has 0 aromatic heterocycles.